The van der Waals surface area contributed by atoms with Gasteiger partial charge < -0.3 is 24.4 Å². The zero-order chi connectivity index (χ0) is 24.1. The lowest BCUT2D eigenvalue weighted by Gasteiger charge is -2.31. The molecule has 0 saturated heterocycles. The van der Waals surface area contributed by atoms with Gasteiger partial charge in [0.25, 0.3) is 0 Å². The average molecular weight is 474 g/mol. The molecule has 176 valence electrons. The number of carbonyl (C=O) groups is 3. The van der Waals surface area contributed by atoms with Gasteiger partial charge in [0.15, 0.2) is 6.10 Å². The highest BCUT2D eigenvalue weighted by molar-refractivity contribution is 7.99. The third-order valence-electron chi connectivity index (χ3n) is 4.79. The minimum absolute atomic E-state index is 0.205. The summed E-state index contributed by atoms with van der Waals surface area (Å²) in [5.74, 6) is -1.09. The first-order chi connectivity index (χ1) is 15.7. The van der Waals surface area contributed by atoms with Crippen LogP contribution < -0.4 is 15.1 Å². The minimum atomic E-state index is -0.906. The number of fused-ring (bicyclic) bond motifs is 2. The molecule has 2 aromatic rings. The fourth-order valence-corrected chi connectivity index (χ4v) is 4.35. The highest BCUT2D eigenvalue weighted by Crippen LogP contribution is 2.50. The Balaban J connectivity index is 1.89. The van der Waals surface area contributed by atoms with E-state index >= 15 is 0 Å². The first-order valence-corrected chi connectivity index (χ1v) is 11.1. The summed E-state index contributed by atoms with van der Waals surface area (Å²) in [5.41, 5.74) is 3.28. The lowest BCUT2D eigenvalue weighted by molar-refractivity contribution is -0.158. The molecule has 10 heteroatoms. The molecule has 1 heterocycles. The van der Waals surface area contributed by atoms with Gasteiger partial charge in [-0.3, -0.25) is 9.59 Å². The number of rotatable bonds is 7. The second kappa shape index (κ2) is 10.5. The number of nitrogens with zero attached hydrogens (tertiary/aromatic N) is 2. The van der Waals surface area contributed by atoms with Crippen molar-refractivity contribution in [1.82, 2.24) is 0 Å². The molecule has 1 amide bonds. The molecule has 0 aromatic heterocycles. The van der Waals surface area contributed by atoms with Gasteiger partial charge in [0.05, 0.1) is 11.4 Å². The predicted molar refractivity (Wildman–Crippen MR) is 127 cm³/mol. The summed E-state index contributed by atoms with van der Waals surface area (Å²) in [4.78, 5) is 41.0. The zero-order valence-electron chi connectivity index (χ0n) is 19.2. The van der Waals surface area contributed by atoms with Crippen molar-refractivity contribution in [1.29, 1.82) is 0 Å². The van der Waals surface area contributed by atoms with E-state index in [4.69, 9.17) is 14.2 Å². The third kappa shape index (κ3) is 5.89. The van der Waals surface area contributed by atoms with Crippen molar-refractivity contribution >= 4 is 52.5 Å². The van der Waals surface area contributed by atoms with E-state index in [1.807, 2.05) is 62.4 Å². The summed E-state index contributed by atoms with van der Waals surface area (Å²) in [6.45, 7) is 2.02. The van der Waals surface area contributed by atoms with E-state index < -0.39 is 24.1 Å². The number of anilines is 4. The number of hydrogen-bond acceptors (Lipinski definition) is 9. The zero-order valence-corrected chi connectivity index (χ0v) is 20.0. The molecule has 1 aliphatic rings. The molecule has 0 radical (unpaired) electrons. The fraction of sp³-hybridized carbons (Fsp3) is 0.348. The maximum absolute atomic E-state index is 13.2. The molecule has 1 aliphatic heterocycles. The normalized spacial score (nSPS) is 12.7. The number of carbonyl (C=O) groups excluding carboxylic acids is 3. The first kappa shape index (κ1) is 24.2. The highest BCUT2D eigenvalue weighted by Gasteiger charge is 2.31. The summed E-state index contributed by atoms with van der Waals surface area (Å²) in [7, 11) is 5.73. The molecule has 1 N–H and O–H groups in total. The number of benzene rings is 2. The van der Waals surface area contributed by atoms with Crippen LogP contribution in [0.5, 0.6) is 0 Å². The smallest absolute Gasteiger partial charge is 0.419 e. The van der Waals surface area contributed by atoms with Crippen molar-refractivity contribution in [3.8, 4) is 0 Å². The summed E-state index contributed by atoms with van der Waals surface area (Å²) in [6.07, 6.45) is -1.54. The Labute approximate surface area is 197 Å². The molecular weight excluding hydrogens is 446 g/mol. The molecule has 0 bridgehead atoms. The van der Waals surface area contributed by atoms with Crippen LogP contribution >= 0.6 is 11.8 Å². The Morgan fingerprint density at radius 2 is 1.61 bits per heavy atom. The van der Waals surface area contributed by atoms with Gasteiger partial charge in [-0.1, -0.05) is 11.8 Å². The van der Waals surface area contributed by atoms with Crippen molar-refractivity contribution in [2.75, 3.05) is 49.5 Å². The largest absolute Gasteiger partial charge is 0.462 e. The van der Waals surface area contributed by atoms with E-state index in [0.717, 1.165) is 21.2 Å². The monoisotopic (exact) mass is 473 g/mol. The SMILES string of the molecule is CNc1ccc2c(c1)Sc1cc(N(C)C)ccc1N2C(=O)OCC(COC(C)=O)OC(C)=O. The molecule has 0 saturated carbocycles. The topological polar surface area (TPSA) is 97.4 Å². The molecule has 0 fully saturated rings. The van der Waals surface area contributed by atoms with Crippen LogP contribution in [-0.2, 0) is 23.8 Å². The average Bonchev–Trinajstić information content (AvgIpc) is 2.77. The Hall–Kier alpha value is -3.40. The van der Waals surface area contributed by atoms with Gasteiger partial charge >= 0.3 is 18.0 Å². The molecule has 0 aliphatic carbocycles. The molecule has 2 aromatic carbocycles. The summed E-state index contributed by atoms with van der Waals surface area (Å²) >= 11 is 1.57. The Bertz CT molecular complexity index is 1060. The van der Waals surface area contributed by atoms with E-state index in [-0.39, 0.29) is 13.2 Å². The van der Waals surface area contributed by atoms with Crippen molar-refractivity contribution in [3.05, 3.63) is 36.4 Å². The van der Waals surface area contributed by atoms with Gasteiger partial charge in [-0.15, -0.1) is 0 Å². The molecular formula is C23H27N3O6S. The second-order valence-corrected chi connectivity index (χ2v) is 8.61. The third-order valence-corrected chi connectivity index (χ3v) is 5.88. The van der Waals surface area contributed by atoms with Gasteiger partial charge in [0, 0.05) is 56.2 Å². The number of ether oxygens (including phenoxy) is 3. The van der Waals surface area contributed by atoms with E-state index in [2.05, 4.69) is 5.32 Å². The van der Waals surface area contributed by atoms with Crippen LogP contribution in [0, 0.1) is 0 Å². The van der Waals surface area contributed by atoms with Gasteiger partial charge in [-0.25, -0.2) is 9.69 Å². The van der Waals surface area contributed by atoms with E-state index in [1.165, 1.54) is 18.7 Å². The van der Waals surface area contributed by atoms with Crippen LogP contribution in [0.25, 0.3) is 0 Å². The number of esters is 2. The first-order valence-electron chi connectivity index (χ1n) is 10.3. The van der Waals surface area contributed by atoms with Crippen LogP contribution in [0.1, 0.15) is 13.8 Å². The van der Waals surface area contributed by atoms with Crippen molar-refractivity contribution in [2.45, 2.75) is 29.7 Å². The summed E-state index contributed by atoms with van der Waals surface area (Å²) in [5, 5.41) is 3.11. The van der Waals surface area contributed by atoms with E-state index in [1.54, 1.807) is 11.8 Å². The summed E-state index contributed by atoms with van der Waals surface area (Å²) in [6, 6.07) is 11.5. The number of hydrogen-bond donors (Lipinski definition) is 1. The second-order valence-electron chi connectivity index (χ2n) is 7.53. The van der Waals surface area contributed by atoms with E-state index in [9.17, 15) is 14.4 Å². The molecule has 3 rings (SSSR count). The van der Waals surface area contributed by atoms with Crippen LogP contribution in [-0.4, -0.2) is 58.5 Å². The Morgan fingerprint density at radius 3 is 2.21 bits per heavy atom. The van der Waals surface area contributed by atoms with Crippen LogP contribution in [0.2, 0.25) is 0 Å². The van der Waals surface area contributed by atoms with Gasteiger partial charge in [0.2, 0.25) is 0 Å². The number of nitrogens with one attached hydrogen (secondary N) is 1. The maximum Gasteiger partial charge on any atom is 0.419 e. The molecule has 33 heavy (non-hydrogen) atoms. The maximum atomic E-state index is 13.2. The van der Waals surface area contributed by atoms with Gasteiger partial charge in [-0.05, 0) is 36.4 Å². The molecule has 9 nitrogen and oxygen atoms in total. The van der Waals surface area contributed by atoms with Crippen LogP contribution in [0.15, 0.2) is 46.2 Å². The van der Waals surface area contributed by atoms with Crippen molar-refractivity contribution in [3.63, 3.8) is 0 Å². The lowest BCUT2D eigenvalue weighted by atomic mass is 10.2. The van der Waals surface area contributed by atoms with Gasteiger partial charge in [0.1, 0.15) is 13.2 Å². The predicted octanol–water partition coefficient (Wildman–Crippen LogP) is 4.03. The Kier molecular flexibility index (Phi) is 7.70. The minimum Gasteiger partial charge on any atom is -0.462 e. The number of amides is 1. The quantitative estimate of drug-likeness (QED) is 0.472. The molecule has 1 atom stereocenters. The standard InChI is InChI=1S/C23H27N3O6S/c1-14(27)30-12-18(32-15(2)28)13-31-23(29)26-19-8-6-16(24-3)10-21(19)33-22-11-17(25(4)5)7-9-20(22)26/h6-11,18,24H,12-13H2,1-5H3. The van der Waals surface area contributed by atoms with Crippen LogP contribution in [0.4, 0.5) is 27.5 Å². The van der Waals surface area contributed by atoms with Crippen molar-refractivity contribution < 1.29 is 28.6 Å². The summed E-state index contributed by atoms with van der Waals surface area (Å²) < 4.78 is 15.5. The molecule has 0 spiro atoms. The fourth-order valence-electron chi connectivity index (χ4n) is 3.22. The van der Waals surface area contributed by atoms with Crippen molar-refractivity contribution in [2.24, 2.45) is 0 Å². The Morgan fingerprint density at radius 1 is 0.970 bits per heavy atom. The lowest BCUT2D eigenvalue weighted by Crippen LogP contribution is -2.34. The van der Waals surface area contributed by atoms with E-state index in [0.29, 0.717) is 11.4 Å². The van der Waals surface area contributed by atoms with Crippen LogP contribution in [0.3, 0.4) is 0 Å². The van der Waals surface area contributed by atoms with Gasteiger partial charge in [-0.2, -0.15) is 0 Å². The molecule has 1 unspecified atom stereocenters. The highest BCUT2D eigenvalue weighted by atomic mass is 32.2.